The first-order chi connectivity index (χ1) is 27.7. The van der Waals surface area contributed by atoms with Crippen molar-refractivity contribution >= 4 is 59.5 Å². The van der Waals surface area contributed by atoms with Crippen LogP contribution in [0.3, 0.4) is 0 Å². The van der Waals surface area contributed by atoms with Crippen LogP contribution in [-0.2, 0) is 6.42 Å². The maximum Gasteiger partial charge on any atom is 0.136 e. The van der Waals surface area contributed by atoms with E-state index in [9.17, 15) is 0 Å². The molecule has 264 valence electrons. The van der Waals surface area contributed by atoms with Crippen molar-refractivity contribution in [3.05, 3.63) is 192 Å². The summed E-state index contributed by atoms with van der Waals surface area (Å²) in [5.74, 6) is 1.55. The Morgan fingerprint density at radius 2 is 1.29 bits per heavy atom. The predicted octanol–water partition coefficient (Wildman–Crippen LogP) is 14.9. The molecule has 2 unspecified atom stereocenters. The average Bonchev–Trinajstić information content (AvgIpc) is 3.83. The number of pyridine rings is 1. The lowest BCUT2D eigenvalue weighted by atomic mass is 9.69. The highest BCUT2D eigenvalue weighted by Crippen LogP contribution is 2.54. The van der Waals surface area contributed by atoms with Crippen molar-refractivity contribution in [2.24, 2.45) is 0 Å². The van der Waals surface area contributed by atoms with Crippen LogP contribution in [0, 0.1) is 0 Å². The number of benzene rings is 7. The molecule has 0 fully saturated rings. The Morgan fingerprint density at radius 1 is 0.536 bits per heavy atom. The van der Waals surface area contributed by atoms with E-state index in [4.69, 9.17) is 9.40 Å². The van der Waals surface area contributed by atoms with Gasteiger partial charge in [-0.25, -0.2) is 4.98 Å². The molecule has 3 heteroatoms. The first-order valence-electron chi connectivity index (χ1n) is 19.6. The second kappa shape index (κ2) is 12.5. The van der Waals surface area contributed by atoms with Crippen LogP contribution >= 0.6 is 11.3 Å². The van der Waals surface area contributed by atoms with E-state index < -0.39 is 0 Å². The van der Waals surface area contributed by atoms with Crippen molar-refractivity contribution in [2.45, 2.75) is 24.7 Å². The summed E-state index contributed by atoms with van der Waals surface area (Å²) in [6, 6.07) is 59.6. The molecule has 2 nitrogen and oxygen atoms in total. The van der Waals surface area contributed by atoms with E-state index in [-0.39, 0.29) is 11.8 Å². The highest BCUT2D eigenvalue weighted by atomic mass is 32.1. The smallest absolute Gasteiger partial charge is 0.136 e. The van der Waals surface area contributed by atoms with Gasteiger partial charge in [0.2, 0.25) is 0 Å². The molecule has 10 aromatic rings. The standard InChI is InChI=1S/C53H35NOS/c1-3-14-32(15-4-1)35-27-46(43-30-48(33-16-5-2-6-17-33)54-47-24-11-9-20-37(43)47)52-40-23-13-22-39(53(40)55-49(52)28-35)41-26-34-18-7-8-19-36(34)42-29-45-38-21-10-12-25-50(38)56-51(45)31-44(41)42/h1-21,23-25,27-31,39,41H,22,26H2. The zero-order valence-corrected chi connectivity index (χ0v) is 31.4. The number of aromatic nitrogens is 1. The first-order valence-corrected chi connectivity index (χ1v) is 20.4. The molecular weight excluding hydrogens is 699 g/mol. The molecule has 7 aromatic carbocycles. The van der Waals surface area contributed by atoms with E-state index in [2.05, 4.69) is 176 Å². The van der Waals surface area contributed by atoms with Crippen LogP contribution in [0.5, 0.6) is 0 Å². The average molecular weight is 734 g/mol. The summed E-state index contributed by atoms with van der Waals surface area (Å²) < 4.78 is 9.99. The zero-order chi connectivity index (χ0) is 36.7. The summed E-state index contributed by atoms with van der Waals surface area (Å²) in [5.41, 5.74) is 15.4. The summed E-state index contributed by atoms with van der Waals surface area (Å²) in [4.78, 5) is 5.18. The molecule has 56 heavy (non-hydrogen) atoms. The number of para-hydroxylation sites is 1. The van der Waals surface area contributed by atoms with Crippen LogP contribution in [-0.4, -0.2) is 4.98 Å². The van der Waals surface area contributed by atoms with E-state index in [0.717, 1.165) is 51.9 Å². The molecule has 12 rings (SSSR count). The van der Waals surface area contributed by atoms with Crippen molar-refractivity contribution in [3.63, 3.8) is 0 Å². The van der Waals surface area contributed by atoms with E-state index >= 15 is 0 Å². The molecule has 0 saturated carbocycles. The Balaban J connectivity index is 1.10. The van der Waals surface area contributed by atoms with Crippen molar-refractivity contribution < 1.29 is 4.42 Å². The molecule has 0 spiro atoms. The molecule has 2 aliphatic rings. The van der Waals surface area contributed by atoms with Gasteiger partial charge in [-0.15, -0.1) is 11.3 Å². The van der Waals surface area contributed by atoms with Gasteiger partial charge in [0.25, 0.3) is 0 Å². The highest BCUT2D eigenvalue weighted by molar-refractivity contribution is 7.25. The summed E-state index contributed by atoms with van der Waals surface area (Å²) in [6.07, 6.45) is 6.64. The molecule has 2 atom stereocenters. The summed E-state index contributed by atoms with van der Waals surface area (Å²) >= 11 is 1.91. The second-order valence-corrected chi connectivity index (χ2v) is 16.4. The topological polar surface area (TPSA) is 26.0 Å². The van der Waals surface area contributed by atoms with Gasteiger partial charge in [0, 0.05) is 48.0 Å². The van der Waals surface area contributed by atoms with Crippen LogP contribution in [0.4, 0.5) is 0 Å². The molecule has 0 saturated heterocycles. The van der Waals surface area contributed by atoms with Crippen LogP contribution in [0.1, 0.15) is 40.7 Å². The minimum Gasteiger partial charge on any atom is -0.460 e. The van der Waals surface area contributed by atoms with Gasteiger partial charge in [0.1, 0.15) is 11.3 Å². The minimum absolute atomic E-state index is 0.184. The molecule has 0 bridgehead atoms. The fourth-order valence-electron chi connectivity index (χ4n) is 9.66. The Morgan fingerprint density at radius 3 is 2.16 bits per heavy atom. The number of fused-ring (bicyclic) bond motifs is 10. The van der Waals surface area contributed by atoms with Gasteiger partial charge < -0.3 is 4.42 Å². The molecule has 0 aliphatic heterocycles. The summed E-state index contributed by atoms with van der Waals surface area (Å²) in [6.45, 7) is 0. The van der Waals surface area contributed by atoms with Gasteiger partial charge in [0.15, 0.2) is 0 Å². The second-order valence-electron chi connectivity index (χ2n) is 15.3. The van der Waals surface area contributed by atoms with Crippen LogP contribution in [0.15, 0.2) is 174 Å². The lowest BCUT2D eigenvalue weighted by Crippen LogP contribution is -2.20. The fraction of sp³-hybridized carbons (Fsp3) is 0.0755. The van der Waals surface area contributed by atoms with Crippen molar-refractivity contribution in [3.8, 4) is 44.6 Å². The lowest BCUT2D eigenvalue weighted by molar-refractivity contribution is 0.429. The highest BCUT2D eigenvalue weighted by Gasteiger charge is 2.37. The molecule has 3 heterocycles. The lowest BCUT2D eigenvalue weighted by Gasteiger charge is -2.34. The SMILES string of the molecule is C1=Cc2c(oc3cc(-c4ccccc4)cc(-c4cc(-c5ccccc5)nc5ccccc45)c23)C(C2Cc3ccccc3-c3cc4c(cc32)sc2ccccc24)C1. The van der Waals surface area contributed by atoms with E-state index in [1.165, 1.54) is 70.1 Å². The Hall–Kier alpha value is -6.55. The number of nitrogens with zero attached hydrogens (tertiary/aromatic N) is 1. The maximum atomic E-state index is 7.28. The van der Waals surface area contributed by atoms with Crippen molar-refractivity contribution in [2.75, 3.05) is 0 Å². The van der Waals surface area contributed by atoms with Crippen LogP contribution in [0.25, 0.3) is 92.8 Å². The van der Waals surface area contributed by atoms with Gasteiger partial charge in [0.05, 0.1) is 11.2 Å². The van der Waals surface area contributed by atoms with Crippen LogP contribution in [0.2, 0.25) is 0 Å². The molecule has 0 N–H and O–H groups in total. The number of thiophene rings is 1. The van der Waals surface area contributed by atoms with Crippen molar-refractivity contribution in [1.29, 1.82) is 0 Å². The predicted molar refractivity (Wildman–Crippen MR) is 235 cm³/mol. The van der Waals surface area contributed by atoms with E-state index in [1.807, 2.05) is 11.3 Å². The third-order valence-electron chi connectivity index (χ3n) is 12.2. The third-order valence-corrected chi connectivity index (χ3v) is 13.4. The first kappa shape index (κ1) is 31.8. The fourth-order valence-corrected chi connectivity index (χ4v) is 10.8. The Labute approximate surface area is 329 Å². The molecule has 0 amide bonds. The normalized spacial score (nSPS) is 16.0. The largest absolute Gasteiger partial charge is 0.460 e. The molecule has 2 aliphatic carbocycles. The molecular formula is C53H35NOS. The van der Waals surface area contributed by atoms with Gasteiger partial charge in [-0.05, 0) is 106 Å². The van der Waals surface area contributed by atoms with Crippen molar-refractivity contribution in [1.82, 2.24) is 4.98 Å². The molecule has 3 aromatic heterocycles. The minimum atomic E-state index is 0.184. The maximum absolute atomic E-state index is 7.28. The van der Waals surface area contributed by atoms with E-state index in [0.29, 0.717) is 0 Å². The van der Waals surface area contributed by atoms with Gasteiger partial charge >= 0.3 is 0 Å². The monoisotopic (exact) mass is 733 g/mol. The Kier molecular flexibility index (Phi) is 7.09. The van der Waals surface area contributed by atoms with Crippen LogP contribution < -0.4 is 0 Å². The summed E-state index contributed by atoms with van der Waals surface area (Å²) in [5, 5.41) is 5.00. The summed E-state index contributed by atoms with van der Waals surface area (Å²) in [7, 11) is 0. The van der Waals surface area contributed by atoms with E-state index in [1.54, 1.807) is 0 Å². The quantitative estimate of drug-likeness (QED) is 0.180. The number of rotatable bonds is 4. The molecule has 0 radical (unpaired) electrons. The number of allylic oxidation sites excluding steroid dienone is 1. The van der Waals surface area contributed by atoms with Gasteiger partial charge in [-0.2, -0.15) is 0 Å². The third kappa shape index (κ3) is 4.91. The number of hydrogen-bond donors (Lipinski definition) is 0. The Bertz CT molecular complexity index is 3210. The number of hydrogen-bond acceptors (Lipinski definition) is 3. The number of furan rings is 1. The van der Waals surface area contributed by atoms with Gasteiger partial charge in [-0.1, -0.05) is 133 Å². The zero-order valence-electron chi connectivity index (χ0n) is 30.6. The van der Waals surface area contributed by atoms with Gasteiger partial charge in [-0.3, -0.25) is 0 Å².